The molecule has 0 radical (unpaired) electrons. The topological polar surface area (TPSA) is 51.8 Å². The highest BCUT2D eigenvalue weighted by Gasteiger charge is 2.00. The first-order chi connectivity index (χ1) is 6.34. The van der Waals surface area contributed by atoms with Gasteiger partial charge >= 0.3 is 0 Å². The van der Waals surface area contributed by atoms with Gasteiger partial charge in [-0.05, 0) is 18.6 Å². The fourth-order valence-corrected chi connectivity index (χ4v) is 2.37. The largest absolute Gasteiger partial charge is 0.391 e. The van der Waals surface area contributed by atoms with Crippen LogP contribution in [0.15, 0.2) is 17.6 Å². The Hall–Kier alpha value is -0.940. The molecule has 0 aliphatic rings. The Morgan fingerprint density at radius 2 is 2.23 bits per heavy atom. The summed E-state index contributed by atoms with van der Waals surface area (Å²) in [6.07, 6.45) is 1.97. The van der Waals surface area contributed by atoms with Gasteiger partial charge in [0.25, 0.3) is 0 Å². The first-order valence-corrected chi connectivity index (χ1v) is 5.63. The number of aryl methyl sites for hydroxylation is 2. The predicted octanol–water partition coefficient (Wildman–Crippen LogP) is 1.97. The molecule has 68 valence electrons. The molecule has 0 spiro atoms. The number of hydrogen-bond acceptors (Lipinski definition) is 5. The molecule has 2 rings (SSSR count). The van der Waals surface area contributed by atoms with Gasteiger partial charge in [-0.1, -0.05) is 0 Å². The molecule has 0 fully saturated rings. The Kier molecular flexibility index (Phi) is 2.56. The lowest BCUT2D eigenvalue weighted by Crippen LogP contribution is -1.87. The van der Waals surface area contributed by atoms with Crippen LogP contribution < -0.4 is 5.73 Å². The van der Waals surface area contributed by atoms with Gasteiger partial charge in [0.05, 0.1) is 5.00 Å². The van der Waals surface area contributed by atoms with Gasteiger partial charge in [0.2, 0.25) is 0 Å². The zero-order chi connectivity index (χ0) is 9.10. The third-order valence-corrected chi connectivity index (χ3v) is 3.40. The normalized spacial score (nSPS) is 10.5. The van der Waals surface area contributed by atoms with Crippen LogP contribution in [0.3, 0.4) is 0 Å². The lowest BCUT2D eigenvalue weighted by Gasteiger charge is -1.91. The van der Waals surface area contributed by atoms with Crippen molar-refractivity contribution in [1.29, 1.82) is 0 Å². The van der Waals surface area contributed by atoms with Crippen LogP contribution in [0, 0.1) is 0 Å². The molecule has 0 aliphatic heterocycles. The van der Waals surface area contributed by atoms with Gasteiger partial charge in [-0.2, -0.15) is 0 Å². The third-order valence-electron chi connectivity index (χ3n) is 1.67. The molecule has 2 heterocycles. The summed E-state index contributed by atoms with van der Waals surface area (Å²) in [4.78, 5) is 1.31. The summed E-state index contributed by atoms with van der Waals surface area (Å²) in [5.74, 6) is 0. The van der Waals surface area contributed by atoms with Crippen molar-refractivity contribution in [2.45, 2.75) is 12.8 Å². The molecular weight excluding hydrogens is 202 g/mol. The van der Waals surface area contributed by atoms with Gasteiger partial charge in [0.15, 0.2) is 0 Å². The third kappa shape index (κ3) is 2.26. The molecule has 0 saturated carbocycles. The van der Waals surface area contributed by atoms with Gasteiger partial charge in [-0.15, -0.1) is 32.9 Å². The molecule has 0 aliphatic carbocycles. The van der Waals surface area contributed by atoms with Crippen LogP contribution in [0.1, 0.15) is 9.88 Å². The van der Waals surface area contributed by atoms with E-state index in [1.54, 1.807) is 28.2 Å². The molecule has 0 saturated heterocycles. The van der Waals surface area contributed by atoms with Crippen molar-refractivity contribution >= 4 is 27.7 Å². The van der Waals surface area contributed by atoms with E-state index in [1.165, 1.54) is 4.88 Å². The van der Waals surface area contributed by atoms with Gasteiger partial charge < -0.3 is 5.73 Å². The van der Waals surface area contributed by atoms with Crippen molar-refractivity contribution < 1.29 is 0 Å². The standard InChI is InChI=1S/C8H9N3S2/c9-7-3-1-6(13-7)2-4-8-11-10-5-12-8/h1,3,5H,2,4,9H2. The molecule has 3 nitrogen and oxygen atoms in total. The number of aromatic nitrogens is 2. The summed E-state index contributed by atoms with van der Waals surface area (Å²) in [6.45, 7) is 0. The average Bonchev–Trinajstić information content (AvgIpc) is 2.71. The minimum Gasteiger partial charge on any atom is -0.391 e. The SMILES string of the molecule is Nc1ccc(CCc2nncs2)s1. The summed E-state index contributed by atoms with van der Waals surface area (Å²) < 4.78 is 0. The Balaban J connectivity index is 1.93. The van der Waals surface area contributed by atoms with E-state index in [1.807, 2.05) is 6.07 Å². The minimum atomic E-state index is 0.882. The van der Waals surface area contributed by atoms with E-state index < -0.39 is 0 Å². The number of rotatable bonds is 3. The fraction of sp³-hybridized carbons (Fsp3) is 0.250. The molecule has 2 N–H and O–H groups in total. The zero-order valence-corrected chi connectivity index (χ0v) is 8.57. The average molecular weight is 211 g/mol. The minimum absolute atomic E-state index is 0.882. The van der Waals surface area contributed by atoms with E-state index in [2.05, 4.69) is 16.3 Å². The van der Waals surface area contributed by atoms with Crippen LogP contribution in [0.5, 0.6) is 0 Å². The zero-order valence-electron chi connectivity index (χ0n) is 6.93. The molecule has 0 unspecified atom stereocenters. The van der Waals surface area contributed by atoms with E-state index in [-0.39, 0.29) is 0 Å². The van der Waals surface area contributed by atoms with Crippen LogP contribution in [0.2, 0.25) is 0 Å². The summed E-state index contributed by atoms with van der Waals surface area (Å²) in [5, 5.41) is 9.74. The Labute approximate surface area is 84.2 Å². The second kappa shape index (κ2) is 3.85. The number of hydrogen-bond donors (Lipinski definition) is 1. The van der Waals surface area contributed by atoms with Crippen molar-refractivity contribution in [2.24, 2.45) is 0 Å². The summed E-state index contributed by atoms with van der Waals surface area (Å²) in [6, 6.07) is 4.02. The van der Waals surface area contributed by atoms with E-state index >= 15 is 0 Å². The van der Waals surface area contributed by atoms with Crippen LogP contribution >= 0.6 is 22.7 Å². The van der Waals surface area contributed by atoms with Gasteiger partial charge in [0.1, 0.15) is 10.5 Å². The van der Waals surface area contributed by atoms with E-state index in [0.717, 1.165) is 22.9 Å². The second-order valence-corrected chi connectivity index (χ2v) is 4.75. The molecular formula is C8H9N3S2. The molecule has 2 aromatic rings. The lowest BCUT2D eigenvalue weighted by molar-refractivity contribution is 0.916. The van der Waals surface area contributed by atoms with Crippen molar-refractivity contribution in [3.05, 3.63) is 27.5 Å². The maximum Gasteiger partial charge on any atom is 0.117 e. The van der Waals surface area contributed by atoms with Crippen molar-refractivity contribution in [3.63, 3.8) is 0 Å². The van der Waals surface area contributed by atoms with Crippen LogP contribution in [-0.2, 0) is 12.8 Å². The molecule has 13 heavy (non-hydrogen) atoms. The quantitative estimate of drug-likeness (QED) is 0.844. The molecule has 0 bridgehead atoms. The first kappa shape index (κ1) is 8.65. The highest BCUT2D eigenvalue weighted by molar-refractivity contribution is 7.15. The first-order valence-electron chi connectivity index (χ1n) is 3.94. The van der Waals surface area contributed by atoms with Crippen LogP contribution in [0.25, 0.3) is 0 Å². The number of anilines is 1. The van der Waals surface area contributed by atoms with Gasteiger partial charge in [-0.25, -0.2) is 0 Å². The molecule has 0 amide bonds. The molecule has 2 aromatic heterocycles. The Morgan fingerprint density at radius 1 is 1.31 bits per heavy atom. The van der Waals surface area contributed by atoms with Gasteiger partial charge in [0, 0.05) is 11.3 Å². The van der Waals surface area contributed by atoms with E-state index in [9.17, 15) is 0 Å². The molecule has 0 aromatic carbocycles. The van der Waals surface area contributed by atoms with Crippen LogP contribution in [0.4, 0.5) is 5.00 Å². The maximum absolute atomic E-state index is 5.62. The number of thiophene rings is 1. The highest BCUT2D eigenvalue weighted by atomic mass is 32.1. The maximum atomic E-state index is 5.62. The van der Waals surface area contributed by atoms with E-state index in [4.69, 9.17) is 5.73 Å². The lowest BCUT2D eigenvalue weighted by atomic mass is 10.3. The Bertz CT molecular complexity index is 366. The molecule has 5 heteroatoms. The smallest absolute Gasteiger partial charge is 0.117 e. The van der Waals surface area contributed by atoms with E-state index in [0.29, 0.717) is 0 Å². The van der Waals surface area contributed by atoms with Crippen LogP contribution in [-0.4, -0.2) is 10.2 Å². The number of nitrogen functional groups attached to an aromatic ring is 1. The van der Waals surface area contributed by atoms with Gasteiger partial charge in [-0.3, -0.25) is 0 Å². The predicted molar refractivity (Wildman–Crippen MR) is 56.0 cm³/mol. The summed E-state index contributed by atoms with van der Waals surface area (Å²) >= 11 is 3.24. The highest BCUT2D eigenvalue weighted by Crippen LogP contribution is 2.20. The van der Waals surface area contributed by atoms with Crippen molar-refractivity contribution in [1.82, 2.24) is 10.2 Å². The summed E-state index contributed by atoms with van der Waals surface area (Å²) in [5.41, 5.74) is 7.38. The Morgan fingerprint density at radius 3 is 2.85 bits per heavy atom. The summed E-state index contributed by atoms with van der Waals surface area (Å²) in [7, 11) is 0. The van der Waals surface area contributed by atoms with Crippen molar-refractivity contribution in [2.75, 3.05) is 5.73 Å². The monoisotopic (exact) mass is 211 g/mol. The van der Waals surface area contributed by atoms with Crippen molar-refractivity contribution in [3.8, 4) is 0 Å². The fourth-order valence-electron chi connectivity index (χ4n) is 1.06. The number of nitrogens with two attached hydrogens (primary N) is 1. The number of nitrogens with zero attached hydrogens (tertiary/aromatic N) is 2. The molecule has 0 atom stereocenters. The second-order valence-electron chi connectivity index (χ2n) is 2.64.